The monoisotopic (exact) mass is 343 g/mol. The summed E-state index contributed by atoms with van der Waals surface area (Å²) in [6.45, 7) is 6.68. The number of carbonyl (C=O) groups excluding carboxylic acids is 1. The largest absolute Gasteiger partial charge is 0.398 e. The van der Waals surface area contributed by atoms with Crippen molar-refractivity contribution >= 4 is 23.8 Å². The van der Waals surface area contributed by atoms with Crippen molar-refractivity contribution in [1.82, 2.24) is 4.90 Å². The maximum Gasteiger partial charge on any atom is 0.151 e. The van der Waals surface area contributed by atoms with Crippen LogP contribution in [0.5, 0.6) is 0 Å². The molecule has 3 N–H and O–H groups in total. The molecule has 24 heavy (non-hydrogen) atoms. The standard InChI is InChI=1S/C19H25N3OS/c1-3-5-18(21)15(9-20)8-14(4-2)10-22-7-6-17-16(12-23)13-24-19(17)11-22/h4-5,8-9,12-13,20H,3,6-7,10-11,21H2,1-2H3/b14-4+,15-8-,18-5-,20-9?. The van der Waals surface area contributed by atoms with Gasteiger partial charge in [0.1, 0.15) is 0 Å². The van der Waals surface area contributed by atoms with Crippen LogP contribution >= 0.6 is 11.3 Å². The van der Waals surface area contributed by atoms with Gasteiger partial charge in [0.15, 0.2) is 6.29 Å². The van der Waals surface area contributed by atoms with Gasteiger partial charge in [0.2, 0.25) is 0 Å². The van der Waals surface area contributed by atoms with Crippen molar-refractivity contribution in [2.75, 3.05) is 13.1 Å². The summed E-state index contributed by atoms with van der Waals surface area (Å²) in [5.41, 5.74) is 10.7. The Morgan fingerprint density at radius 1 is 1.50 bits per heavy atom. The molecule has 0 atom stereocenters. The fourth-order valence-corrected chi connectivity index (χ4v) is 3.95. The van der Waals surface area contributed by atoms with Gasteiger partial charge < -0.3 is 11.1 Å². The van der Waals surface area contributed by atoms with E-state index in [1.165, 1.54) is 16.7 Å². The van der Waals surface area contributed by atoms with Crippen LogP contribution in [0, 0.1) is 5.41 Å². The molecule has 128 valence electrons. The van der Waals surface area contributed by atoms with E-state index in [0.29, 0.717) is 5.70 Å². The Kier molecular flexibility index (Phi) is 6.70. The summed E-state index contributed by atoms with van der Waals surface area (Å²) in [6, 6.07) is 0. The molecule has 5 heteroatoms. The highest BCUT2D eigenvalue weighted by molar-refractivity contribution is 7.10. The Morgan fingerprint density at radius 2 is 2.29 bits per heavy atom. The Bertz CT molecular complexity index is 697. The highest BCUT2D eigenvalue weighted by atomic mass is 32.1. The second kappa shape index (κ2) is 8.76. The molecule has 1 aliphatic heterocycles. The Morgan fingerprint density at radius 3 is 2.92 bits per heavy atom. The first-order valence-corrected chi connectivity index (χ1v) is 9.11. The molecule has 0 radical (unpaired) electrons. The maximum atomic E-state index is 11.1. The predicted octanol–water partition coefficient (Wildman–Crippen LogP) is 3.69. The van der Waals surface area contributed by atoms with Crippen LogP contribution in [-0.2, 0) is 13.0 Å². The van der Waals surface area contributed by atoms with E-state index >= 15 is 0 Å². The van der Waals surface area contributed by atoms with Gasteiger partial charge in [-0.2, -0.15) is 0 Å². The van der Waals surface area contributed by atoms with Crippen molar-refractivity contribution in [2.45, 2.75) is 33.2 Å². The van der Waals surface area contributed by atoms with Gasteiger partial charge in [0.25, 0.3) is 0 Å². The Balaban J connectivity index is 2.10. The minimum absolute atomic E-state index is 0.654. The first-order valence-electron chi connectivity index (χ1n) is 8.23. The van der Waals surface area contributed by atoms with Crippen molar-refractivity contribution in [3.8, 4) is 0 Å². The summed E-state index contributed by atoms with van der Waals surface area (Å²) in [6.07, 6.45) is 10.1. The Labute approximate surface area is 147 Å². The average molecular weight is 343 g/mol. The van der Waals surface area contributed by atoms with Gasteiger partial charge in [-0.15, -0.1) is 11.3 Å². The molecule has 0 saturated carbocycles. The average Bonchev–Trinajstić information content (AvgIpc) is 3.00. The zero-order valence-electron chi connectivity index (χ0n) is 14.3. The molecule has 0 fully saturated rings. The van der Waals surface area contributed by atoms with E-state index in [4.69, 9.17) is 11.1 Å². The van der Waals surface area contributed by atoms with Gasteiger partial charge >= 0.3 is 0 Å². The predicted molar refractivity (Wildman–Crippen MR) is 102 cm³/mol. The number of hydrogen-bond donors (Lipinski definition) is 2. The molecule has 0 bridgehead atoms. The number of carbonyl (C=O) groups is 1. The van der Waals surface area contributed by atoms with Gasteiger partial charge in [0.05, 0.1) is 0 Å². The van der Waals surface area contributed by atoms with Crippen molar-refractivity contribution in [3.05, 3.63) is 56.5 Å². The molecule has 0 unspecified atom stereocenters. The van der Waals surface area contributed by atoms with E-state index in [9.17, 15) is 4.79 Å². The highest BCUT2D eigenvalue weighted by Gasteiger charge is 2.20. The van der Waals surface area contributed by atoms with Crippen LogP contribution in [0.25, 0.3) is 0 Å². The van der Waals surface area contributed by atoms with E-state index in [2.05, 4.69) is 11.0 Å². The number of thiophene rings is 1. The summed E-state index contributed by atoms with van der Waals surface area (Å²) in [5.74, 6) is 0. The normalized spacial score (nSPS) is 16.8. The van der Waals surface area contributed by atoms with Gasteiger partial charge in [0, 0.05) is 52.9 Å². The lowest BCUT2D eigenvalue weighted by atomic mass is 10.0. The summed E-state index contributed by atoms with van der Waals surface area (Å²) in [5, 5.41) is 9.55. The fourth-order valence-electron chi connectivity index (χ4n) is 2.86. The molecule has 1 aromatic rings. The fraction of sp³-hybridized carbons (Fsp3) is 0.368. The number of fused-ring (bicyclic) bond motifs is 1. The van der Waals surface area contributed by atoms with Gasteiger partial charge in [-0.1, -0.05) is 19.1 Å². The minimum atomic E-state index is 0.654. The maximum absolute atomic E-state index is 11.1. The van der Waals surface area contributed by atoms with E-state index in [1.807, 2.05) is 31.4 Å². The zero-order chi connectivity index (χ0) is 17.5. The number of nitrogens with zero attached hydrogens (tertiary/aromatic N) is 1. The molecule has 0 amide bonds. The van der Waals surface area contributed by atoms with Crippen LogP contribution in [0.2, 0.25) is 0 Å². The molecule has 0 saturated heterocycles. The van der Waals surface area contributed by atoms with Crippen LogP contribution in [0.15, 0.2) is 40.5 Å². The topological polar surface area (TPSA) is 70.2 Å². The third-order valence-electron chi connectivity index (χ3n) is 4.22. The highest BCUT2D eigenvalue weighted by Crippen LogP contribution is 2.28. The first-order chi connectivity index (χ1) is 11.6. The molecule has 0 aliphatic carbocycles. The van der Waals surface area contributed by atoms with Gasteiger partial charge in [-0.05, 0) is 37.0 Å². The van der Waals surface area contributed by atoms with Crippen LogP contribution < -0.4 is 5.73 Å². The zero-order valence-corrected chi connectivity index (χ0v) is 15.2. The molecule has 1 aromatic heterocycles. The van der Waals surface area contributed by atoms with Crippen molar-refractivity contribution in [3.63, 3.8) is 0 Å². The second-order valence-electron chi connectivity index (χ2n) is 5.85. The smallest absolute Gasteiger partial charge is 0.151 e. The quantitative estimate of drug-likeness (QED) is 0.450. The molecule has 2 heterocycles. The summed E-state index contributed by atoms with van der Waals surface area (Å²) in [4.78, 5) is 14.7. The van der Waals surface area contributed by atoms with Crippen LogP contribution in [0.4, 0.5) is 0 Å². The van der Waals surface area contributed by atoms with E-state index in [-0.39, 0.29) is 0 Å². The minimum Gasteiger partial charge on any atom is -0.398 e. The third-order valence-corrected chi connectivity index (χ3v) is 5.25. The van der Waals surface area contributed by atoms with E-state index in [0.717, 1.165) is 55.5 Å². The number of aldehydes is 1. The van der Waals surface area contributed by atoms with Crippen molar-refractivity contribution < 1.29 is 4.79 Å². The lowest BCUT2D eigenvalue weighted by Gasteiger charge is -2.27. The number of nitrogens with one attached hydrogen (secondary N) is 1. The van der Waals surface area contributed by atoms with E-state index in [1.54, 1.807) is 11.3 Å². The molecule has 1 aliphatic rings. The van der Waals surface area contributed by atoms with Crippen LogP contribution in [-0.4, -0.2) is 30.5 Å². The number of nitrogens with two attached hydrogens (primary N) is 1. The third kappa shape index (κ3) is 4.30. The molecule has 4 nitrogen and oxygen atoms in total. The first kappa shape index (κ1) is 18.4. The molecular weight excluding hydrogens is 318 g/mol. The van der Waals surface area contributed by atoms with E-state index < -0.39 is 0 Å². The van der Waals surface area contributed by atoms with Crippen molar-refractivity contribution in [1.29, 1.82) is 5.41 Å². The van der Waals surface area contributed by atoms with Gasteiger partial charge in [-0.25, -0.2) is 0 Å². The summed E-state index contributed by atoms with van der Waals surface area (Å²) in [7, 11) is 0. The van der Waals surface area contributed by atoms with Crippen LogP contribution in [0.3, 0.4) is 0 Å². The summed E-state index contributed by atoms with van der Waals surface area (Å²) < 4.78 is 0. The lowest BCUT2D eigenvalue weighted by molar-refractivity contribution is 0.112. The van der Waals surface area contributed by atoms with Crippen LogP contribution in [0.1, 0.15) is 41.1 Å². The molecular formula is C19H25N3OS. The molecule has 0 aromatic carbocycles. The lowest BCUT2D eigenvalue weighted by Crippen LogP contribution is -2.31. The Hall–Kier alpha value is -1.98. The second-order valence-corrected chi connectivity index (χ2v) is 6.81. The number of hydrogen-bond acceptors (Lipinski definition) is 5. The van der Waals surface area contributed by atoms with Crippen molar-refractivity contribution in [2.24, 2.45) is 5.73 Å². The molecule has 2 rings (SSSR count). The molecule has 0 spiro atoms. The summed E-state index contributed by atoms with van der Waals surface area (Å²) >= 11 is 1.67. The number of rotatable bonds is 7. The SMILES string of the molecule is C\C=C(/C=C(C=N)\C(N)=C\CC)CN1CCc2c(C=O)csc2C1. The number of allylic oxidation sites excluding steroid dienone is 3. The van der Waals surface area contributed by atoms with Gasteiger partial charge in [-0.3, -0.25) is 9.69 Å².